The molecule has 2 rings (SSSR count). The largest absolute Gasteiger partial charge is 0.371 e. The van der Waals surface area contributed by atoms with Gasteiger partial charge < -0.3 is 10.2 Å². The summed E-state index contributed by atoms with van der Waals surface area (Å²) >= 11 is 0. The van der Waals surface area contributed by atoms with Crippen LogP contribution in [0.3, 0.4) is 0 Å². The lowest BCUT2D eigenvalue weighted by Gasteiger charge is -2.34. The van der Waals surface area contributed by atoms with Gasteiger partial charge in [-0.3, -0.25) is 0 Å². The Kier molecular flexibility index (Phi) is 3.44. The molecule has 1 heterocycles. The zero-order valence-corrected chi connectivity index (χ0v) is 9.96. The van der Waals surface area contributed by atoms with Crippen LogP contribution in [0.25, 0.3) is 0 Å². The Labute approximate surface area is 96.5 Å². The first-order valence-electron chi connectivity index (χ1n) is 5.89. The molecule has 1 aliphatic rings. The fourth-order valence-corrected chi connectivity index (χ4v) is 2.33. The molecule has 1 saturated heterocycles. The van der Waals surface area contributed by atoms with Gasteiger partial charge in [0.25, 0.3) is 0 Å². The van der Waals surface area contributed by atoms with Gasteiger partial charge in [0.2, 0.25) is 0 Å². The molecule has 0 spiro atoms. The van der Waals surface area contributed by atoms with Crippen molar-refractivity contribution in [1.82, 2.24) is 5.32 Å². The van der Waals surface area contributed by atoms with Crippen molar-refractivity contribution in [3.8, 4) is 0 Å². The number of hydrogen-bond acceptors (Lipinski definition) is 2. The van der Waals surface area contributed by atoms with Crippen molar-refractivity contribution >= 4 is 5.69 Å². The van der Waals surface area contributed by atoms with Crippen LogP contribution in [0, 0.1) is 12.7 Å². The normalized spacial score (nSPS) is 17.8. The zero-order chi connectivity index (χ0) is 11.5. The van der Waals surface area contributed by atoms with Crippen molar-refractivity contribution in [1.29, 1.82) is 0 Å². The summed E-state index contributed by atoms with van der Waals surface area (Å²) in [7, 11) is 2.01. The maximum Gasteiger partial charge on any atom is 0.125 e. The molecule has 2 nitrogen and oxygen atoms in total. The Balaban J connectivity index is 2.10. The second-order valence-electron chi connectivity index (χ2n) is 4.48. The molecule has 1 fully saturated rings. The molecule has 0 saturated carbocycles. The third-order valence-corrected chi connectivity index (χ3v) is 3.42. The van der Waals surface area contributed by atoms with Crippen LogP contribution in [0.2, 0.25) is 0 Å². The molecule has 3 heteroatoms. The highest BCUT2D eigenvalue weighted by molar-refractivity contribution is 5.53. The van der Waals surface area contributed by atoms with Crippen LogP contribution >= 0.6 is 0 Å². The van der Waals surface area contributed by atoms with Gasteiger partial charge in [-0.25, -0.2) is 4.39 Å². The SMILES string of the molecule is CNC1CCN(c2cc(F)ccc2C)CC1. The van der Waals surface area contributed by atoms with E-state index in [-0.39, 0.29) is 5.82 Å². The number of halogens is 1. The Bertz CT molecular complexity index is 357. The minimum absolute atomic E-state index is 0.142. The molecule has 1 aromatic rings. The van der Waals surface area contributed by atoms with E-state index in [0.29, 0.717) is 6.04 Å². The summed E-state index contributed by atoms with van der Waals surface area (Å²) in [6.45, 7) is 4.06. The van der Waals surface area contributed by atoms with Crippen LogP contribution in [0.15, 0.2) is 18.2 Å². The summed E-state index contributed by atoms with van der Waals surface area (Å²) in [5, 5.41) is 3.30. The van der Waals surface area contributed by atoms with E-state index in [4.69, 9.17) is 0 Å². The average molecular weight is 222 g/mol. The summed E-state index contributed by atoms with van der Waals surface area (Å²) < 4.78 is 13.2. The smallest absolute Gasteiger partial charge is 0.125 e. The quantitative estimate of drug-likeness (QED) is 0.826. The lowest BCUT2D eigenvalue weighted by Crippen LogP contribution is -2.41. The van der Waals surface area contributed by atoms with E-state index in [0.717, 1.165) is 37.2 Å². The average Bonchev–Trinajstić information content (AvgIpc) is 2.32. The highest BCUT2D eigenvalue weighted by Crippen LogP contribution is 2.24. The molecule has 0 bridgehead atoms. The Morgan fingerprint density at radius 3 is 2.62 bits per heavy atom. The van der Waals surface area contributed by atoms with Gasteiger partial charge in [0, 0.05) is 24.8 Å². The van der Waals surface area contributed by atoms with E-state index in [1.54, 1.807) is 6.07 Å². The molecule has 0 radical (unpaired) electrons. The lowest BCUT2D eigenvalue weighted by atomic mass is 10.0. The standard InChI is InChI=1S/C13H19FN2/c1-10-3-4-11(14)9-13(10)16-7-5-12(15-2)6-8-16/h3-4,9,12,15H,5-8H2,1-2H3. The maximum atomic E-state index is 13.2. The monoisotopic (exact) mass is 222 g/mol. The molecule has 1 aliphatic heterocycles. The molecule has 1 aromatic carbocycles. The number of rotatable bonds is 2. The van der Waals surface area contributed by atoms with Crippen LogP contribution in [-0.4, -0.2) is 26.2 Å². The van der Waals surface area contributed by atoms with Crippen molar-refractivity contribution in [3.63, 3.8) is 0 Å². The molecule has 0 atom stereocenters. The van der Waals surface area contributed by atoms with Gasteiger partial charge in [-0.15, -0.1) is 0 Å². The highest BCUT2D eigenvalue weighted by atomic mass is 19.1. The Morgan fingerprint density at radius 2 is 2.00 bits per heavy atom. The van der Waals surface area contributed by atoms with Crippen LogP contribution in [0.5, 0.6) is 0 Å². The van der Waals surface area contributed by atoms with Crippen molar-refractivity contribution in [2.24, 2.45) is 0 Å². The van der Waals surface area contributed by atoms with Crippen LogP contribution in [0.1, 0.15) is 18.4 Å². The second kappa shape index (κ2) is 4.83. The number of nitrogens with zero attached hydrogens (tertiary/aromatic N) is 1. The molecule has 16 heavy (non-hydrogen) atoms. The first-order chi connectivity index (χ1) is 7.70. The van der Waals surface area contributed by atoms with Gasteiger partial charge in [0.05, 0.1) is 0 Å². The molecule has 0 unspecified atom stereocenters. The van der Waals surface area contributed by atoms with E-state index >= 15 is 0 Å². The zero-order valence-electron chi connectivity index (χ0n) is 9.96. The van der Waals surface area contributed by atoms with Crippen molar-refractivity contribution < 1.29 is 4.39 Å². The number of aryl methyl sites for hydroxylation is 1. The van der Waals surface area contributed by atoms with Gasteiger partial charge >= 0.3 is 0 Å². The lowest BCUT2D eigenvalue weighted by molar-refractivity contribution is 0.442. The highest BCUT2D eigenvalue weighted by Gasteiger charge is 2.19. The predicted molar refractivity (Wildman–Crippen MR) is 65.4 cm³/mol. The van der Waals surface area contributed by atoms with Gasteiger partial charge in [-0.1, -0.05) is 6.07 Å². The number of nitrogens with one attached hydrogen (secondary N) is 1. The summed E-state index contributed by atoms with van der Waals surface area (Å²) in [6.07, 6.45) is 2.26. The molecule has 1 N–H and O–H groups in total. The van der Waals surface area contributed by atoms with Crippen LogP contribution in [-0.2, 0) is 0 Å². The summed E-state index contributed by atoms with van der Waals surface area (Å²) in [5.41, 5.74) is 2.21. The molecule has 0 amide bonds. The van der Waals surface area contributed by atoms with Crippen molar-refractivity contribution in [3.05, 3.63) is 29.6 Å². The van der Waals surface area contributed by atoms with Crippen LogP contribution in [0.4, 0.5) is 10.1 Å². The van der Waals surface area contributed by atoms with E-state index in [1.807, 2.05) is 20.0 Å². The molecular formula is C13H19FN2. The second-order valence-corrected chi connectivity index (χ2v) is 4.48. The summed E-state index contributed by atoms with van der Waals surface area (Å²) in [4.78, 5) is 2.28. The topological polar surface area (TPSA) is 15.3 Å². The van der Waals surface area contributed by atoms with E-state index < -0.39 is 0 Å². The van der Waals surface area contributed by atoms with E-state index in [9.17, 15) is 4.39 Å². The van der Waals surface area contributed by atoms with E-state index in [1.165, 1.54) is 6.07 Å². The number of hydrogen-bond donors (Lipinski definition) is 1. The van der Waals surface area contributed by atoms with Crippen LogP contribution < -0.4 is 10.2 Å². The van der Waals surface area contributed by atoms with Crippen molar-refractivity contribution in [2.75, 3.05) is 25.0 Å². The minimum atomic E-state index is -0.142. The van der Waals surface area contributed by atoms with Gasteiger partial charge in [-0.05, 0) is 44.5 Å². The fourth-order valence-electron chi connectivity index (χ4n) is 2.33. The summed E-state index contributed by atoms with van der Waals surface area (Å²) in [5.74, 6) is -0.142. The number of piperidine rings is 1. The number of benzene rings is 1. The van der Waals surface area contributed by atoms with Gasteiger partial charge in [0.1, 0.15) is 5.82 Å². The number of anilines is 1. The minimum Gasteiger partial charge on any atom is -0.371 e. The molecule has 88 valence electrons. The third kappa shape index (κ3) is 2.35. The van der Waals surface area contributed by atoms with E-state index in [2.05, 4.69) is 10.2 Å². The fraction of sp³-hybridized carbons (Fsp3) is 0.538. The third-order valence-electron chi connectivity index (χ3n) is 3.42. The Hall–Kier alpha value is -1.09. The Morgan fingerprint density at radius 1 is 1.31 bits per heavy atom. The summed E-state index contributed by atoms with van der Waals surface area (Å²) in [6, 6.07) is 5.65. The predicted octanol–water partition coefficient (Wildman–Crippen LogP) is 2.32. The van der Waals surface area contributed by atoms with Gasteiger partial charge in [0.15, 0.2) is 0 Å². The molecule has 0 aliphatic carbocycles. The molecule has 0 aromatic heterocycles. The van der Waals surface area contributed by atoms with Gasteiger partial charge in [-0.2, -0.15) is 0 Å². The van der Waals surface area contributed by atoms with Crippen molar-refractivity contribution in [2.45, 2.75) is 25.8 Å². The first kappa shape index (κ1) is 11.4. The molecular weight excluding hydrogens is 203 g/mol. The first-order valence-corrected chi connectivity index (χ1v) is 5.89. The maximum absolute atomic E-state index is 13.2.